The number of carboxylic acid groups (broad SMARTS) is 1. The van der Waals surface area contributed by atoms with Crippen molar-refractivity contribution in [2.24, 2.45) is 0 Å². The van der Waals surface area contributed by atoms with Gasteiger partial charge in [-0.3, -0.25) is 14.7 Å². The van der Waals surface area contributed by atoms with Crippen LogP contribution in [-0.4, -0.2) is 41.0 Å². The zero-order chi connectivity index (χ0) is 24.5. The Morgan fingerprint density at radius 2 is 1.79 bits per heavy atom. The molecule has 0 saturated heterocycles. The Labute approximate surface area is 198 Å². The van der Waals surface area contributed by atoms with Gasteiger partial charge in [0.1, 0.15) is 17.6 Å². The van der Waals surface area contributed by atoms with Gasteiger partial charge in [-0.15, -0.1) is 0 Å². The number of unbranched alkanes of at least 4 members (excludes halogenated alkanes) is 2. The van der Waals surface area contributed by atoms with Crippen molar-refractivity contribution >= 4 is 40.1 Å². The molecule has 1 atom stereocenters. The third kappa shape index (κ3) is 6.54. The maximum absolute atomic E-state index is 13.3. The molecule has 0 spiro atoms. The summed E-state index contributed by atoms with van der Waals surface area (Å²) >= 11 is 0. The number of rotatable bonds is 11. The first-order chi connectivity index (χ1) is 16.4. The highest BCUT2D eigenvalue weighted by atomic mass is 16.5. The van der Waals surface area contributed by atoms with E-state index >= 15 is 0 Å². The monoisotopic (exact) mass is 463 g/mol. The number of benzene rings is 2. The predicted molar refractivity (Wildman–Crippen MR) is 131 cm³/mol. The van der Waals surface area contributed by atoms with Crippen LogP contribution in [0.25, 0.3) is 10.9 Å². The van der Waals surface area contributed by atoms with Crippen molar-refractivity contribution < 1.29 is 24.2 Å². The number of fused-ring (bicyclic) bond motifs is 1. The lowest BCUT2D eigenvalue weighted by atomic mass is 10.0. The largest absolute Gasteiger partial charge is 0.497 e. The summed E-state index contributed by atoms with van der Waals surface area (Å²) in [6, 6.07) is 14.9. The van der Waals surface area contributed by atoms with E-state index in [9.17, 15) is 19.5 Å². The van der Waals surface area contributed by atoms with E-state index in [0.29, 0.717) is 42.8 Å². The van der Waals surface area contributed by atoms with Crippen LogP contribution in [0.2, 0.25) is 0 Å². The molecule has 0 aliphatic heterocycles. The molecule has 0 aliphatic rings. The topological polar surface area (TPSA) is 109 Å². The van der Waals surface area contributed by atoms with Gasteiger partial charge < -0.3 is 20.0 Å². The van der Waals surface area contributed by atoms with Crippen LogP contribution in [0.3, 0.4) is 0 Å². The molecule has 8 nitrogen and oxygen atoms in total. The lowest BCUT2D eigenvalue weighted by Crippen LogP contribution is -2.47. The van der Waals surface area contributed by atoms with Crippen molar-refractivity contribution in [3.05, 3.63) is 60.8 Å². The minimum Gasteiger partial charge on any atom is -0.497 e. The number of ketones is 1. The van der Waals surface area contributed by atoms with Crippen molar-refractivity contribution in [1.29, 1.82) is 0 Å². The number of methoxy groups -OCH3 is 1. The normalized spacial score (nSPS) is 11.6. The van der Waals surface area contributed by atoms with Gasteiger partial charge in [0, 0.05) is 17.5 Å². The summed E-state index contributed by atoms with van der Waals surface area (Å²) in [5, 5.41) is 13.7. The van der Waals surface area contributed by atoms with E-state index in [1.165, 1.54) is 7.11 Å². The van der Waals surface area contributed by atoms with Crippen molar-refractivity contribution in [1.82, 2.24) is 4.98 Å². The van der Waals surface area contributed by atoms with Crippen molar-refractivity contribution in [2.75, 3.05) is 17.3 Å². The summed E-state index contributed by atoms with van der Waals surface area (Å²) in [4.78, 5) is 42.3. The fourth-order valence-electron chi connectivity index (χ4n) is 3.80. The number of amides is 2. The Morgan fingerprint density at radius 3 is 2.47 bits per heavy atom. The Bertz CT molecular complexity index is 1150. The minimum atomic E-state index is -1.23. The van der Waals surface area contributed by atoms with Gasteiger partial charge >= 0.3 is 6.09 Å². The summed E-state index contributed by atoms with van der Waals surface area (Å²) in [6.45, 7) is 1.55. The van der Waals surface area contributed by atoms with Crippen molar-refractivity contribution in [2.45, 2.75) is 45.1 Å². The first-order valence-corrected chi connectivity index (χ1v) is 11.2. The molecule has 1 aromatic heterocycles. The number of Topliss-reactive ketones (excluding diaryl/α,β-unsaturated/α-hetero) is 1. The molecule has 3 aromatic rings. The lowest BCUT2D eigenvalue weighted by molar-refractivity contribution is -0.118. The highest BCUT2D eigenvalue weighted by Crippen LogP contribution is 2.25. The second-order valence-electron chi connectivity index (χ2n) is 8.07. The molecule has 0 saturated carbocycles. The quantitative estimate of drug-likeness (QED) is 0.375. The summed E-state index contributed by atoms with van der Waals surface area (Å²) < 4.78 is 5.16. The number of nitrogens with zero attached hydrogens (tertiary/aromatic N) is 2. The van der Waals surface area contributed by atoms with Gasteiger partial charge in [-0.2, -0.15) is 0 Å². The van der Waals surface area contributed by atoms with E-state index in [-0.39, 0.29) is 5.78 Å². The highest BCUT2D eigenvalue weighted by Gasteiger charge is 2.31. The Balaban J connectivity index is 1.83. The molecular formula is C26H29N3O5. The molecule has 34 heavy (non-hydrogen) atoms. The van der Waals surface area contributed by atoms with Crippen molar-refractivity contribution in [3.8, 4) is 5.75 Å². The number of carbonyl (C=O) groups excluding carboxylic acids is 2. The van der Waals surface area contributed by atoms with Crippen molar-refractivity contribution in [3.63, 3.8) is 0 Å². The van der Waals surface area contributed by atoms with E-state index < -0.39 is 18.0 Å². The maximum Gasteiger partial charge on any atom is 0.412 e. The standard InChI is InChI=1S/C26H29N3O5/c1-18(30)8-4-3-5-11-24(29(26(32)33)21-12-14-22(34-2)15-13-21)25(31)28-20-16-19-9-6-7-10-23(19)27-17-20/h6-7,9-10,12-17,24H,3-5,8,11H2,1-2H3,(H,28,31)(H,32,33)/t24-/m0/s1. The van der Waals surface area contributed by atoms with Crippen LogP contribution in [0.1, 0.15) is 39.0 Å². The molecule has 2 amide bonds. The fraction of sp³-hybridized carbons (Fsp3) is 0.308. The Hall–Kier alpha value is -3.94. The Kier molecular flexibility index (Phi) is 8.56. The van der Waals surface area contributed by atoms with Gasteiger partial charge in [0.05, 0.1) is 24.5 Å². The first kappa shape index (κ1) is 24.7. The number of aromatic nitrogens is 1. The van der Waals surface area contributed by atoms with Crippen LogP contribution in [-0.2, 0) is 9.59 Å². The average Bonchev–Trinajstić information content (AvgIpc) is 2.82. The van der Waals surface area contributed by atoms with Gasteiger partial charge in [0.15, 0.2) is 0 Å². The summed E-state index contributed by atoms with van der Waals surface area (Å²) in [7, 11) is 1.53. The molecule has 0 fully saturated rings. The number of hydrogen-bond donors (Lipinski definition) is 2. The van der Waals surface area contributed by atoms with Crippen LogP contribution in [0.15, 0.2) is 60.8 Å². The van der Waals surface area contributed by atoms with Crippen LogP contribution >= 0.6 is 0 Å². The third-order valence-corrected chi connectivity index (χ3v) is 5.54. The lowest BCUT2D eigenvalue weighted by Gasteiger charge is -2.29. The second kappa shape index (κ2) is 11.8. The number of nitrogens with one attached hydrogen (secondary N) is 1. The molecule has 178 valence electrons. The highest BCUT2D eigenvalue weighted by molar-refractivity contribution is 6.03. The van der Waals surface area contributed by atoms with Crippen LogP contribution in [0.5, 0.6) is 5.75 Å². The van der Waals surface area contributed by atoms with Gasteiger partial charge in [0.2, 0.25) is 5.91 Å². The fourth-order valence-corrected chi connectivity index (χ4v) is 3.80. The van der Waals surface area contributed by atoms with E-state index in [2.05, 4.69) is 10.3 Å². The number of pyridine rings is 1. The molecular weight excluding hydrogens is 434 g/mol. The molecule has 0 bridgehead atoms. The first-order valence-electron chi connectivity index (χ1n) is 11.2. The van der Waals surface area contributed by atoms with Gasteiger partial charge in [0.25, 0.3) is 0 Å². The van der Waals surface area contributed by atoms with Crippen LogP contribution in [0, 0.1) is 0 Å². The predicted octanol–water partition coefficient (Wildman–Crippen LogP) is 5.27. The number of carbonyl (C=O) groups is 3. The zero-order valence-electron chi connectivity index (χ0n) is 19.4. The van der Waals surface area contributed by atoms with Crippen LogP contribution in [0.4, 0.5) is 16.2 Å². The summed E-state index contributed by atoms with van der Waals surface area (Å²) in [6.07, 6.45) is 3.13. The van der Waals surface area contributed by atoms with Crippen LogP contribution < -0.4 is 15.0 Å². The smallest absolute Gasteiger partial charge is 0.412 e. The molecule has 3 rings (SSSR count). The van der Waals surface area contributed by atoms with E-state index in [4.69, 9.17) is 4.74 Å². The van der Waals surface area contributed by atoms with Gasteiger partial charge in [-0.05, 0) is 56.2 Å². The molecule has 0 radical (unpaired) electrons. The molecule has 0 aliphatic carbocycles. The molecule has 0 unspecified atom stereocenters. The van der Waals surface area contributed by atoms with Gasteiger partial charge in [-0.1, -0.05) is 31.0 Å². The van der Waals surface area contributed by atoms with E-state index in [1.807, 2.05) is 30.3 Å². The zero-order valence-corrected chi connectivity index (χ0v) is 19.4. The molecule has 2 aromatic carbocycles. The summed E-state index contributed by atoms with van der Waals surface area (Å²) in [5.41, 5.74) is 1.66. The number of anilines is 2. The van der Waals surface area contributed by atoms with Gasteiger partial charge in [-0.25, -0.2) is 4.79 Å². The second-order valence-corrected chi connectivity index (χ2v) is 8.07. The number of hydrogen-bond acceptors (Lipinski definition) is 5. The molecule has 2 N–H and O–H groups in total. The minimum absolute atomic E-state index is 0.114. The number of ether oxygens (including phenoxy) is 1. The average molecular weight is 464 g/mol. The van der Waals surface area contributed by atoms with E-state index in [0.717, 1.165) is 22.2 Å². The summed E-state index contributed by atoms with van der Waals surface area (Å²) in [5.74, 6) is 0.256. The number of para-hydroxylation sites is 1. The van der Waals surface area contributed by atoms with E-state index in [1.54, 1.807) is 37.4 Å². The Morgan fingerprint density at radius 1 is 1.06 bits per heavy atom. The molecule has 8 heteroatoms. The maximum atomic E-state index is 13.3. The molecule has 1 heterocycles. The SMILES string of the molecule is COc1ccc(N(C(=O)O)[C@@H](CCCCCC(C)=O)C(=O)Nc2cnc3ccccc3c2)cc1. The third-order valence-electron chi connectivity index (χ3n) is 5.54.